The lowest BCUT2D eigenvalue weighted by Gasteiger charge is -2.32. The zero-order chi connectivity index (χ0) is 22.9. The second-order valence-electron chi connectivity index (χ2n) is 9.42. The van der Waals surface area contributed by atoms with Gasteiger partial charge in [-0.25, -0.2) is 4.98 Å². The van der Waals surface area contributed by atoms with E-state index < -0.39 is 0 Å². The number of anilines is 1. The molecule has 1 aromatic carbocycles. The Morgan fingerprint density at radius 3 is 2.74 bits per heavy atom. The van der Waals surface area contributed by atoms with E-state index in [9.17, 15) is 4.79 Å². The number of benzene rings is 1. The first-order valence-electron chi connectivity index (χ1n) is 12.3. The van der Waals surface area contributed by atoms with Crippen LogP contribution in [0.4, 0.5) is 5.82 Å². The lowest BCUT2D eigenvalue weighted by Crippen LogP contribution is -2.39. The summed E-state index contributed by atoms with van der Waals surface area (Å²) in [4.78, 5) is 27.7. The number of amides is 1. The SMILES string of the molecule is O=C(c1cncs1)N(Cc1cc2cc3c(cc2nc1N1CCOCC1)CCC3)CC1CCCO1. The fourth-order valence-corrected chi connectivity index (χ4v) is 5.97. The Balaban J connectivity index is 1.39. The maximum atomic E-state index is 13.5. The molecule has 2 saturated heterocycles. The molecule has 1 aliphatic carbocycles. The summed E-state index contributed by atoms with van der Waals surface area (Å²) in [5.41, 5.74) is 6.72. The summed E-state index contributed by atoms with van der Waals surface area (Å²) in [6.07, 6.45) is 7.29. The number of morpholine rings is 1. The second-order valence-corrected chi connectivity index (χ2v) is 10.3. The molecular formula is C26H30N4O3S. The highest BCUT2D eigenvalue weighted by Crippen LogP contribution is 2.31. The number of hydrogen-bond acceptors (Lipinski definition) is 7. The summed E-state index contributed by atoms with van der Waals surface area (Å²) < 4.78 is 11.5. The Morgan fingerprint density at radius 2 is 1.97 bits per heavy atom. The Labute approximate surface area is 203 Å². The first kappa shape index (κ1) is 21.9. The minimum absolute atomic E-state index is 0.0139. The topological polar surface area (TPSA) is 67.8 Å². The number of ether oxygens (including phenoxy) is 2. The Morgan fingerprint density at radius 1 is 1.12 bits per heavy atom. The molecule has 0 saturated carbocycles. The van der Waals surface area contributed by atoms with Crippen LogP contribution in [0.3, 0.4) is 0 Å². The van der Waals surface area contributed by atoms with E-state index in [1.165, 1.54) is 28.9 Å². The van der Waals surface area contributed by atoms with Crippen LogP contribution in [0.1, 0.15) is 45.6 Å². The van der Waals surface area contributed by atoms with Crippen molar-refractivity contribution in [3.8, 4) is 0 Å². The van der Waals surface area contributed by atoms with Crippen molar-refractivity contribution >= 4 is 34.0 Å². The highest BCUT2D eigenvalue weighted by Gasteiger charge is 2.27. The molecule has 1 unspecified atom stereocenters. The maximum absolute atomic E-state index is 13.5. The van der Waals surface area contributed by atoms with E-state index in [1.54, 1.807) is 11.7 Å². The standard InChI is InChI=1S/C26H30N4O3S/c31-26(24-14-27-17-34-24)30(16-22-5-2-8-33-22)15-21-12-20-11-18-3-1-4-19(18)13-23(20)28-25(21)29-6-9-32-10-7-29/h11-14,17,22H,1-10,15-16H2. The molecule has 1 atom stereocenters. The monoisotopic (exact) mass is 478 g/mol. The number of nitrogens with zero attached hydrogens (tertiary/aromatic N) is 4. The molecular weight excluding hydrogens is 448 g/mol. The number of hydrogen-bond donors (Lipinski definition) is 0. The minimum Gasteiger partial charge on any atom is -0.378 e. The Kier molecular flexibility index (Phi) is 6.20. The van der Waals surface area contributed by atoms with Gasteiger partial charge < -0.3 is 19.3 Å². The smallest absolute Gasteiger partial charge is 0.265 e. The largest absolute Gasteiger partial charge is 0.378 e. The Bertz CT molecular complexity index is 1170. The van der Waals surface area contributed by atoms with Gasteiger partial charge in [0.25, 0.3) is 5.91 Å². The van der Waals surface area contributed by atoms with Gasteiger partial charge in [0.15, 0.2) is 0 Å². The van der Waals surface area contributed by atoms with Crippen molar-refractivity contribution < 1.29 is 14.3 Å². The molecule has 178 valence electrons. The zero-order valence-electron chi connectivity index (χ0n) is 19.4. The molecule has 0 spiro atoms. The van der Waals surface area contributed by atoms with Gasteiger partial charge in [-0.3, -0.25) is 9.78 Å². The third-order valence-electron chi connectivity index (χ3n) is 7.13. The predicted octanol–water partition coefficient (Wildman–Crippen LogP) is 3.84. The summed E-state index contributed by atoms with van der Waals surface area (Å²) in [6, 6.07) is 6.85. The number of aryl methyl sites for hydroxylation is 2. The Hall–Kier alpha value is -2.55. The van der Waals surface area contributed by atoms with Gasteiger partial charge >= 0.3 is 0 Å². The van der Waals surface area contributed by atoms with Crippen LogP contribution in [0.5, 0.6) is 0 Å². The molecule has 1 amide bonds. The first-order chi connectivity index (χ1) is 16.7. The molecule has 3 aromatic rings. The molecule has 4 heterocycles. The maximum Gasteiger partial charge on any atom is 0.265 e. The van der Waals surface area contributed by atoms with E-state index >= 15 is 0 Å². The third-order valence-corrected chi connectivity index (χ3v) is 7.90. The molecule has 0 N–H and O–H groups in total. The molecule has 3 aliphatic rings. The van der Waals surface area contributed by atoms with E-state index in [-0.39, 0.29) is 12.0 Å². The average Bonchev–Trinajstić information content (AvgIpc) is 3.65. The van der Waals surface area contributed by atoms with Gasteiger partial charge in [-0.05, 0) is 61.4 Å². The van der Waals surface area contributed by atoms with Crippen molar-refractivity contribution in [1.29, 1.82) is 0 Å². The first-order valence-corrected chi connectivity index (χ1v) is 13.2. The fraction of sp³-hybridized carbons (Fsp3) is 0.500. The molecule has 8 heteroatoms. The number of aromatic nitrogens is 2. The van der Waals surface area contributed by atoms with Gasteiger partial charge in [0.2, 0.25) is 0 Å². The van der Waals surface area contributed by atoms with Crippen LogP contribution in [-0.2, 0) is 28.9 Å². The van der Waals surface area contributed by atoms with E-state index in [0.717, 1.165) is 67.7 Å². The van der Waals surface area contributed by atoms with Gasteiger partial charge in [-0.15, -0.1) is 11.3 Å². The molecule has 0 bridgehead atoms. The van der Waals surface area contributed by atoms with Crippen LogP contribution in [0, 0.1) is 0 Å². The van der Waals surface area contributed by atoms with Gasteiger partial charge in [0, 0.05) is 43.7 Å². The lowest BCUT2D eigenvalue weighted by atomic mass is 10.0. The van der Waals surface area contributed by atoms with Crippen molar-refractivity contribution in [2.75, 3.05) is 44.4 Å². The molecule has 2 fully saturated rings. The molecule has 7 nitrogen and oxygen atoms in total. The summed E-state index contributed by atoms with van der Waals surface area (Å²) in [5.74, 6) is 0.989. The lowest BCUT2D eigenvalue weighted by molar-refractivity contribution is 0.0510. The summed E-state index contributed by atoms with van der Waals surface area (Å²) in [7, 11) is 0. The number of thiazole rings is 1. The molecule has 2 aliphatic heterocycles. The van der Waals surface area contributed by atoms with E-state index in [0.29, 0.717) is 31.2 Å². The number of carbonyl (C=O) groups is 1. The van der Waals surface area contributed by atoms with Crippen LogP contribution in [0.2, 0.25) is 0 Å². The van der Waals surface area contributed by atoms with Crippen LogP contribution in [-0.4, -0.2) is 66.3 Å². The minimum atomic E-state index is 0.0139. The molecule has 2 aromatic heterocycles. The second kappa shape index (κ2) is 9.60. The van der Waals surface area contributed by atoms with Gasteiger partial charge in [-0.1, -0.05) is 0 Å². The quantitative estimate of drug-likeness (QED) is 0.536. The van der Waals surface area contributed by atoms with Crippen molar-refractivity contribution in [3.05, 3.63) is 51.5 Å². The predicted molar refractivity (Wildman–Crippen MR) is 133 cm³/mol. The zero-order valence-corrected chi connectivity index (χ0v) is 20.2. The van der Waals surface area contributed by atoms with Crippen molar-refractivity contribution in [2.24, 2.45) is 0 Å². The molecule has 0 radical (unpaired) electrons. The van der Waals surface area contributed by atoms with Gasteiger partial charge in [-0.2, -0.15) is 0 Å². The van der Waals surface area contributed by atoms with E-state index in [1.807, 2.05) is 4.90 Å². The highest BCUT2D eigenvalue weighted by atomic mass is 32.1. The summed E-state index contributed by atoms with van der Waals surface area (Å²) in [5, 5.41) is 1.16. The average molecular weight is 479 g/mol. The van der Waals surface area contributed by atoms with Crippen molar-refractivity contribution in [1.82, 2.24) is 14.9 Å². The van der Waals surface area contributed by atoms with Crippen LogP contribution in [0.15, 0.2) is 29.9 Å². The van der Waals surface area contributed by atoms with Crippen LogP contribution in [0.25, 0.3) is 10.9 Å². The van der Waals surface area contributed by atoms with Gasteiger partial charge in [0.1, 0.15) is 10.7 Å². The number of rotatable bonds is 6. The van der Waals surface area contributed by atoms with Crippen molar-refractivity contribution in [2.45, 2.75) is 44.8 Å². The summed E-state index contributed by atoms with van der Waals surface area (Å²) >= 11 is 1.39. The normalized spacial score (nSPS) is 20.1. The number of pyridine rings is 1. The van der Waals surface area contributed by atoms with Crippen molar-refractivity contribution in [3.63, 3.8) is 0 Å². The number of fused-ring (bicyclic) bond motifs is 2. The van der Waals surface area contributed by atoms with E-state index in [2.05, 4.69) is 28.1 Å². The van der Waals surface area contributed by atoms with E-state index in [4.69, 9.17) is 14.5 Å². The molecule has 6 rings (SSSR count). The van der Waals surface area contributed by atoms with Gasteiger partial charge in [0.05, 0.1) is 36.5 Å². The fourth-order valence-electron chi connectivity index (χ4n) is 5.38. The van der Waals surface area contributed by atoms with Crippen LogP contribution >= 0.6 is 11.3 Å². The third kappa shape index (κ3) is 4.42. The molecule has 34 heavy (non-hydrogen) atoms. The van der Waals surface area contributed by atoms with Crippen LogP contribution < -0.4 is 4.90 Å². The number of carbonyl (C=O) groups excluding carboxylic acids is 1. The highest BCUT2D eigenvalue weighted by molar-refractivity contribution is 7.11. The summed E-state index contributed by atoms with van der Waals surface area (Å²) in [6.45, 7) is 4.88.